The van der Waals surface area contributed by atoms with Gasteiger partial charge in [-0.25, -0.2) is 0 Å². The Labute approximate surface area is 91.9 Å². The van der Waals surface area contributed by atoms with Crippen LogP contribution in [0.5, 0.6) is 0 Å². The first-order valence-electron chi connectivity index (χ1n) is 5.42. The van der Waals surface area contributed by atoms with Gasteiger partial charge in [-0.05, 0) is 24.1 Å². The van der Waals surface area contributed by atoms with Gasteiger partial charge in [-0.2, -0.15) is 0 Å². The van der Waals surface area contributed by atoms with Gasteiger partial charge in [-0.3, -0.25) is 4.79 Å². The van der Waals surface area contributed by atoms with Crippen molar-refractivity contribution in [2.45, 2.75) is 27.2 Å². The van der Waals surface area contributed by atoms with Crippen molar-refractivity contribution < 1.29 is 4.79 Å². The summed E-state index contributed by atoms with van der Waals surface area (Å²) < 4.78 is 0. The van der Waals surface area contributed by atoms with Crippen molar-refractivity contribution in [1.29, 1.82) is 0 Å². The van der Waals surface area contributed by atoms with E-state index in [1.165, 1.54) is 5.56 Å². The first-order valence-corrected chi connectivity index (χ1v) is 5.42. The van der Waals surface area contributed by atoms with Crippen molar-refractivity contribution >= 4 is 11.6 Å². The SMILES string of the molecule is CCc1cccc(N(C)C(=O)C(C)C)c1. The third-order valence-corrected chi connectivity index (χ3v) is 2.53. The van der Waals surface area contributed by atoms with Crippen LogP contribution in [-0.2, 0) is 11.2 Å². The number of nitrogens with zero attached hydrogens (tertiary/aromatic N) is 1. The van der Waals surface area contributed by atoms with Gasteiger partial charge in [0.25, 0.3) is 0 Å². The van der Waals surface area contributed by atoms with E-state index in [0.717, 1.165) is 12.1 Å². The van der Waals surface area contributed by atoms with Crippen molar-refractivity contribution in [3.63, 3.8) is 0 Å². The summed E-state index contributed by atoms with van der Waals surface area (Å²) in [5, 5.41) is 0. The summed E-state index contributed by atoms with van der Waals surface area (Å²) in [7, 11) is 1.83. The fourth-order valence-electron chi connectivity index (χ4n) is 1.50. The molecule has 0 unspecified atom stereocenters. The van der Waals surface area contributed by atoms with Crippen LogP contribution in [-0.4, -0.2) is 13.0 Å². The third kappa shape index (κ3) is 2.82. The Morgan fingerprint density at radius 1 is 1.40 bits per heavy atom. The zero-order chi connectivity index (χ0) is 11.4. The second-order valence-electron chi connectivity index (χ2n) is 4.08. The predicted molar refractivity (Wildman–Crippen MR) is 64.1 cm³/mol. The summed E-state index contributed by atoms with van der Waals surface area (Å²) in [4.78, 5) is 13.5. The van der Waals surface area contributed by atoms with E-state index in [9.17, 15) is 4.79 Å². The van der Waals surface area contributed by atoms with Gasteiger partial charge in [0.05, 0.1) is 0 Å². The summed E-state index contributed by atoms with van der Waals surface area (Å²) in [6.07, 6.45) is 0.998. The number of rotatable bonds is 3. The fraction of sp³-hybridized carbons (Fsp3) is 0.462. The minimum absolute atomic E-state index is 0.0419. The molecule has 0 N–H and O–H groups in total. The van der Waals surface area contributed by atoms with Crippen LogP contribution in [0, 0.1) is 5.92 Å². The molecule has 0 aromatic heterocycles. The topological polar surface area (TPSA) is 20.3 Å². The molecule has 2 nitrogen and oxygen atoms in total. The lowest BCUT2D eigenvalue weighted by Gasteiger charge is -2.20. The Balaban J connectivity index is 2.90. The number of benzene rings is 1. The summed E-state index contributed by atoms with van der Waals surface area (Å²) in [5.74, 6) is 0.198. The van der Waals surface area contributed by atoms with E-state index in [0.29, 0.717) is 0 Å². The van der Waals surface area contributed by atoms with E-state index in [2.05, 4.69) is 19.1 Å². The lowest BCUT2D eigenvalue weighted by atomic mass is 10.1. The first kappa shape index (κ1) is 11.8. The molecule has 1 amide bonds. The molecule has 1 rings (SSSR count). The highest BCUT2D eigenvalue weighted by Crippen LogP contribution is 2.17. The van der Waals surface area contributed by atoms with Gasteiger partial charge < -0.3 is 4.90 Å². The lowest BCUT2D eigenvalue weighted by molar-refractivity contribution is -0.121. The second kappa shape index (κ2) is 4.96. The molecule has 0 radical (unpaired) electrons. The second-order valence-corrected chi connectivity index (χ2v) is 4.08. The van der Waals surface area contributed by atoms with Gasteiger partial charge in [-0.1, -0.05) is 32.9 Å². The Morgan fingerprint density at radius 2 is 2.07 bits per heavy atom. The van der Waals surface area contributed by atoms with E-state index in [1.54, 1.807) is 4.90 Å². The molecule has 0 atom stereocenters. The van der Waals surface area contributed by atoms with Crippen LogP contribution in [0.1, 0.15) is 26.3 Å². The highest BCUT2D eigenvalue weighted by molar-refractivity contribution is 5.94. The Bertz CT molecular complexity index is 344. The van der Waals surface area contributed by atoms with Crippen LogP contribution in [0.2, 0.25) is 0 Å². The lowest BCUT2D eigenvalue weighted by Crippen LogP contribution is -2.30. The molecular formula is C13H19NO. The molecule has 1 aromatic carbocycles. The predicted octanol–water partition coefficient (Wildman–Crippen LogP) is 2.87. The van der Waals surface area contributed by atoms with E-state index in [4.69, 9.17) is 0 Å². The van der Waals surface area contributed by atoms with Gasteiger partial charge in [-0.15, -0.1) is 0 Å². The minimum Gasteiger partial charge on any atom is -0.315 e. The van der Waals surface area contributed by atoms with Crippen molar-refractivity contribution in [2.24, 2.45) is 5.92 Å². The normalized spacial score (nSPS) is 10.5. The number of aryl methyl sites for hydroxylation is 1. The number of hydrogen-bond acceptors (Lipinski definition) is 1. The fourth-order valence-corrected chi connectivity index (χ4v) is 1.50. The van der Waals surface area contributed by atoms with Crippen LogP contribution in [0.25, 0.3) is 0 Å². The Kier molecular flexibility index (Phi) is 3.89. The molecule has 1 aromatic rings. The van der Waals surface area contributed by atoms with Crippen LogP contribution in [0.4, 0.5) is 5.69 Å². The molecule has 0 saturated carbocycles. The van der Waals surface area contributed by atoms with Crippen LogP contribution >= 0.6 is 0 Å². The maximum absolute atomic E-state index is 11.8. The van der Waals surface area contributed by atoms with Crippen LogP contribution < -0.4 is 4.90 Å². The van der Waals surface area contributed by atoms with E-state index in [-0.39, 0.29) is 11.8 Å². The molecule has 0 spiro atoms. The van der Waals surface area contributed by atoms with Crippen molar-refractivity contribution in [3.8, 4) is 0 Å². The number of hydrogen-bond donors (Lipinski definition) is 0. The molecule has 2 heteroatoms. The largest absolute Gasteiger partial charge is 0.315 e. The number of anilines is 1. The Hall–Kier alpha value is -1.31. The molecule has 0 bridgehead atoms. The average molecular weight is 205 g/mol. The van der Waals surface area contributed by atoms with Crippen molar-refractivity contribution in [2.75, 3.05) is 11.9 Å². The number of carbonyl (C=O) groups is 1. The van der Waals surface area contributed by atoms with Crippen molar-refractivity contribution in [1.82, 2.24) is 0 Å². The third-order valence-electron chi connectivity index (χ3n) is 2.53. The zero-order valence-corrected chi connectivity index (χ0v) is 9.95. The van der Waals surface area contributed by atoms with Crippen LogP contribution in [0.3, 0.4) is 0 Å². The molecule has 0 aliphatic heterocycles. The summed E-state index contributed by atoms with van der Waals surface area (Å²) >= 11 is 0. The minimum atomic E-state index is 0.0419. The van der Waals surface area contributed by atoms with Gasteiger partial charge in [0.1, 0.15) is 0 Å². The molecule has 0 heterocycles. The monoisotopic (exact) mass is 205 g/mol. The van der Waals surface area contributed by atoms with E-state index >= 15 is 0 Å². The molecular weight excluding hydrogens is 186 g/mol. The Morgan fingerprint density at radius 3 is 2.60 bits per heavy atom. The van der Waals surface area contributed by atoms with Gasteiger partial charge in [0.15, 0.2) is 0 Å². The zero-order valence-electron chi connectivity index (χ0n) is 9.95. The maximum atomic E-state index is 11.8. The molecule has 82 valence electrons. The first-order chi connectivity index (χ1) is 7.06. The summed E-state index contributed by atoms with van der Waals surface area (Å²) in [6, 6.07) is 8.12. The molecule has 0 fully saturated rings. The maximum Gasteiger partial charge on any atom is 0.229 e. The quantitative estimate of drug-likeness (QED) is 0.743. The van der Waals surface area contributed by atoms with Gasteiger partial charge >= 0.3 is 0 Å². The summed E-state index contributed by atoms with van der Waals surface area (Å²) in [6.45, 7) is 5.95. The molecule has 15 heavy (non-hydrogen) atoms. The number of carbonyl (C=O) groups excluding carboxylic acids is 1. The molecule has 0 aliphatic rings. The van der Waals surface area contributed by atoms with Crippen LogP contribution in [0.15, 0.2) is 24.3 Å². The van der Waals surface area contributed by atoms with E-state index in [1.807, 2.05) is 33.0 Å². The standard InChI is InChI=1S/C13H19NO/c1-5-11-7-6-8-12(9-11)14(4)13(15)10(2)3/h6-10H,5H2,1-4H3. The summed E-state index contributed by atoms with van der Waals surface area (Å²) in [5.41, 5.74) is 2.24. The highest BCUT2D eigenvalue weighted by Gasteiger charge is 2.14. The average Bonchev–Trinajstić information content (AvgIpc) is 2.27. The van der Waals surface area contributed by atoms with E-state index < -0.39 is 0 Å². The van der Waals surface area contributed by atoms with Gasteiger partial charge in [0, 0.05) is 18.7 Å². The number of amides is 1. The van der Waals surface area contributed by atoms with Crippen molar-refractivity contribution in [3.05, 3.63) is 29.8 Å². The molecule has 0 aliphatic carbocycles. The van der Waals surface area contributed by atoms with Gasteiger partial charge in [0.2, 0.25) is 5.91 Å². The highest BCUT2D eigenvalue weighted by atomic mass is 16.2. The smallest absolute Gasteiger partial charge is 0.229 e. The molecule has 0 saturated heterocycles.